The van der Waals surface area contributed by atoms with E-state index in [-0.39, 0.29) is 17.7 Å². The van der Waals surface area contributed by atoms with Crippen molar-refractivity contribution in [2.75, 3.05) is 32.1 Å². The SMILES string of the molecule is CN(C)c1ccc(CNC(=O)C2CCCN(C(=O)c3ccccn3)C2)nc1. The number of pyridine rings is 2. The molecule has 0 bridgehead atoms. The van der Waals surface area contributed by atoms with E-state index >= 15 is 0 Å². The number of carbonyl (C=O) groups excluding carboxylic acids is 2. The van der Waals surface area contributed by atoms with E-state index in [1.807, 2.05) is 31.1 Å². The predicted molar refractivity (Wildman–Crippen MR) is 103 cm³/mol. The number of piperidine rings is 1. The molecule has 0 spiro atoms. The van der Waals surface area contributed by atoms with Crippen LogP contribution in [0.4, 0.5) is 5.69 Å². The molecule has 2 amide bonds. The number of amides is 2. The van der Waals surface area contributed by atoms with Crippen molar-refractivity contribution in [3.63, 3.8) is 0 Å². The van der Waals surface area contributed by atoms with Gasteiger partial charge in [0.25, 0.3) is 5.91 Å². The minimum absolute atomic E-state index is 0.0352. The number of nitrogens with zero attached hydrogens (tertiary/aromatic N) is 4. The van der Waals surface area contributed by atoms with Gasteiger partial charge in [0.15, 0.2) is 0 Å². The molecule has 27 heavy (non-hydrogen) atoms. The summed E-state index contributed by atoms with van der Waals surface area (Å²) in [6, 6.07) is 9.16. The van der Waals surface area contributed by atoms with Crippen LogP contribution in [-0.2, 0) is 11.3 Å². The Morgan fingerprint density at radius 1 is 1.22 bits per heavy atom. The average molecular weight is 367 g/mol. The number of rotatable bonds is 5. The summed E-state index contributed by atoms with van der Waals surface area (Å²) >= 11 is 0. The molecule has 1 saturated heterocycles. The Morgan fingerprint density at radius 3 is 2.74 bits per heavy atom. The summed E-state index contributed by atoms with van der Waals surface area (Å²) in [5, 5.41) is 2.95. The first-order chi connectivity index (χ1) is 13.0. The quantitative estimate of drug-likeness (QED) is 0.870. The highest BCUT2D eigenvalue weighted by atomic mass is 16.2. The first-order valence-electron chi connectivity index (χ1n) is 9.15. The molecule has 1 unspecified atom stereocenters. The largest absolute Gasteiger partial charge is 0.376 e. The van der Waals surface area contributed by atoms with Crippen molar-refractivity contribution in [2.45, 2.75) is 19.4 Å². The smallest absolute Gasteiger partial charge is 0.272 e. The van der Waals surface area contributed by atoms with Gasteiger partial charge >= 0.3 is 0 Å². The Balaban J connectivity index is 1.54. The van der Waals surface area contributed by atoms with Gasteiger partial charge in [-0.2, -0.15) is 0 Å². The van der Waals surface area contributed by atoms with Gasteiger partial charge in [-0.25, -0.2) is 0 Å². The summed E-state index contributed by atoms with van der Waals surface area (Å²) in [7, 11) is 3.92. The lowest BCUT2D eigenvalue weighted by atomic mass is 9.96. The van der Waals surface area contributed by atoms with E-state index < -0.39 is 0 Å². The highest BCUT2D eigenvalue weighted by Gasteiger charge is 2.29. The van der Waals surface area contributed by atoms with E-state index in [1.54, 1.807) is 35.5 Å². The van der Waals surface area contributed by atoms with E-state index in [2.05, 4.69) is 15.3 Å². The molecule has 1 aliphatic heterocycles. The Morgan fingerprint density at radius 2 is 2.07 bits per heavy atom. The minimum Gasteiger partial charge on any atom is -0.376 e. The number of aromatic nitrogens is 2. The van der Waals surface area contributed by atoms with Crippen molar-refractivity contribution in [3.05, 3.63) is 54.1 Å². The fourth-order valence-electron chi connectivity index (χ4n) is 3.13. The molecule has 2 aromatic rings. The third-order valence-electron chi connectivity index (χ3n) is 4.73. The lowest BCUT2D eigenvalue weighted by Crippen LogP contribution is -2.45. The predicted octanol–water partition coefficient (Wildman–Crippen LogP) is 1.71. The molecule has 142 valence electrons. The minimum atomic E-state index is -0.201. The molecule has 0 radical (unpaired) electrons. The van der Waals surface area contributed by atoms with Crippen LogP contribution in [0.3, 0.4) is 0 Å². The number of nitrogens with one attached hydrogen (secondary N) is 1. The Hall–Kier alpha value is -2.96. The molecule has 7 heteroatoms. The van der Waals surface area contributed by atoms with Crippen LogP contribution in [0, 0.1) is 5.92 Å². The second-order valence-corrected chi connectivity index (χ2v) is 6.93. The normalized spacial score (nSPS) is 16.7. The second-order valence-electron chi connectivity index (χ2n) is 6.93. The fraction of sp³-hybridized carbons (Fsp3) is 0.400. The van der Waals surface area contributed by atoms with Crippen molar-refractivity contribution in [1.82, 2.24) is 20.2 Å². The van der Waals surface area contributed by atoms with E-state index in [9.17, 15) is 9.59 Å². The van der Waals surface area contributed by atoms with Gasteiger partial charge < -0.3 is 15.1 Å². The number of hydrogen-bond acceptors (Lipinski definition) is 5. The standard InChI is InChI=1S/C20H25N5O2/c1-24(2)17-9-8-16(22-13-17)12-23-19(26)15-6-5-11-25(14-15)20(27)18-7-3-4-10-21-18/h3-4,7-10,13,15H,5-6,11-12,14H2,1-2H3,(H,23,26). The average Bonchev–Trinajstić information content (AvgIpc) is 2.72. The van der Waals surface area contributed by atoms with Crippen molar-refractivity contribution in [1.29, 1.82) is 0 Å². The number of likely N-dealkylation sites (tertiary alicyclic amines) is 1. The van der Waals surface area contributed by atoms with Gasteiger partial charge in [-0.1, -0.05) is 6.07 Å². The lowest BCUT2D eigenvalue weighted by Gasteiger charge is -2.31. The monoisotopic (exact) mass is 367 g/mol. The molecular weight excluding hydrogens is 342 g/mol. The van der Waals surface area contributed by atoms with E-state index in [0.717, 1.165) is 24.2 Å². The molecule has 0 saturated carbocycles. The molecule has 1 fully saturated rings. The lowest BCUT2D eigenvalue weighted by molar-refractivity contribution is -0.126. The fourth-order valence-corrected chi connectivity index (χ4v) is 3.13. The Bertz CT molecular complexity index is 777. The van der Waals surface area contributed by atoms with Gasteiger partial charge in [-0.15, -0.1) is 0 Å². The van der Waals surface area contributed by atoms with Gasteiger partial charge in [0, 0.05) is 33.4 Å². The van der Waals surface area contributed by atoms with Crippen molar-refractivity contribution in [3.8, 4) is 0 Å². The highest BCUT2D eigenvalue weighted by molar-refractivity contribution is 5.92. The van der Waals surface area contributed by atoms with E-state index in [4.69, 9.17) is 0 Å². The van der Waals surface area contributed by atoms with Gasteiger partial charge in [0.1, 0.15) is 5.69 Å². The van der Waals surface area contributed by atoms with Crippen LogP contribution in [0.1, 0.15) is 29.0 Å². The first kappa shape index (κ1) is 18.8. The summed E-state index contributed by atoms with van der Waals surface area (Å²) in [6.45, 7) is 1.47. The van der Waals surface area contributed by atoms with E-state index in [1.165, 1.54) is 0 Å². The summed E-state index contributed by atoms with van der Waals surface area (Å²) in [5.41, 5.74) is 2.25. The van der Waals surface area contributed by atoms with Crippen molar-refractivity contribution < 1.29 is 9.59 Å². The Kier molecular flexibility index (Phi) is 6.01. The Labute approximate surface area is 159 Å². The van der Waals surface area contributed by atoms with Gasteiger partial charge in [0.2, 0.25) is 5.91 Å². The molecule has 1 N–H and O–H groups in total. The van der Waals surface area contributed by atoms with Crippen LogP contribution >= 0.6 is 0 Å². The van der Waals surface area contributed by atoms with Crippen LogP contribution in [0.2, 0.25) is 0 Å². The molecule has 0 aromatic carbocycles. The molecule has 3 rings (SSSR count). The van der Waals surface area contributed by atoms with Crippen LogP contribution in [-0.4, -0.2) is 53.9 Å². The maximum absolute atomic E-state index is 12.6. The second kappa shape index (κ2) is 8.62. The van der Waals surface area contributed by atoms with Crippen LogP contribution in [0.5, 0.6) is 0 Å². The van der Waals surface area contributed by atoms with E-state index in [0.29, 0.717) is 25.3 Å². The van der Waals surface area contributed by atoms with Crippen LogP contribution < -0.4 is 10.2 Å². The van der Waals surface area contributed by atoms with Gasteiger partial charge in [-0.3, -0.25) is 19.6 Å². The maximum Gasteiger partial charge on any atom is 0.272 e. The van der Waals surface area contributed by atoms with Crippen LogP contribution in [0.25, 0.3) is 0 Å². The third-order valence-corrected chi connectivity index (χ3v) is 4.73. The number of anilines is 1. The number of carbonyl (C=O) groups is 2. The van der Waals surface area contributed by atoms with Gasteiger partial charge in [-0.05, 0) is 37.1 Å². The summed E-state index contributed by atoms with van der Waals surface area (Å²) in [4.78, 5) is 37.3. The summed E-state index contributed by atoms with van der Waals surface area (Å²) in [5.74, 6) is -0.353. The number of hydrogen-bond donors (Lipinski definition) is 1. The zero-order valence-corrected chi connectivity index (χ0v) is 15.8. The first-order valence-corrected chi connectivity index (χ1v) is 9.15. The molecular formula is C20H25N5O2. The highest BCUT2D eigenvalue weighted by Crippen LogP contribution is 2.18. The maximum atomic E-state index is 12.6. The zero-order chi connectivity index (χ0) is 19.2. The van der Waals surface area contributed by atoms with Crippen molar-refractivity contribution in [2.24, 2.45) is 5.92 Å². The molecule has 7 nitrogen and oxygen atoms in total. The molecule has 3 heterocycles. The zero-order valence-electron chi connectivity index (χ0n) is 15.8. The molecule has 1 aliphatic rings. The molecule has 2 aromatic heterocycles. The van der Waals surface area contributed by atoms with Crippen molar-refractivity contribution >= 4 is 17.5 Å². The van der Waals surface area contributed by atoms with Gasteiger partial charge in [0.05, 0.1) is 30.0 Å². The summed E-state index contributed by atoms with van der Waals surface area (Å²) < 4.78 is 0. The molecule has 0 aliphatic carbocycles. The topological polar surface area (TPSA) is 78.4 Å². The molecule has 1 atom stereocenters. The third kappa shape index (κ3) is 4.81. The summed E-state index contributed by atoms with van der Waals surface area (Å²) in [6.07, 6.45) is 4.99. The van der Waals surface area contributed by atoms with Crippen LogP contribution in [0.15, 0.2) is 42.7 Å².